The minimum absolute atomic E-state index is 0.291. The maximum absolute atomic E-state index is 6.12. The van der Waals surface area contributed by atoms with Crippen molar-refractivity contribution < 1.29 is 9.47 Å². The SMILES string of the molecule is COc1cc(CNC23CC4C[C@@](C)(C2)C[C@](C)(C4)C3)ccc1OCc1ccc(Cl)c(Cl)c1. The molecule has 4 saturated carbocycles. The zero-order chi connectivity index (χ0) is 22.6. The van der Waals surface area contributed by atoms with E-state index in [1.54, 1.807) is 13.2 Å². The first-order valence-corrected chi connectivity index (χ1v) is 12.4. The Bertz CT molecular complexity index is 1000. The van der Waals surface area contributed by atoms with Gasteiger partial charge >= 0.3 is 0 Å². The van der Waals surface area contributed by atoms with Gasteiger partial charge in [-0.25, -0.2) is 0 Å². The van der Waals surface area contributed by atoms with Crippen molar-refractivity contribution in [2.75, 3.05) is 7.11 Å². The molecule has 4 aliphatic rings. The number of rotatable bonds is 7. The highest BCUT2D eigenvalue weighted by Crippen LogP contribution is 2.66. The number of hydrogen-bond donors (Lipinski definition) is 1. The van der Waals surface area contributed by atoms with Crippen LogP contribution >= 0.6 is 23.2 Å². The lowest BCUT2D eigenvalue weighted by molar-refractivity contribution is -0.118. The van der Waals surface area contributed by atoms with Crippen molar-refractivity contribution in [1.82, 2.24) is 5.32 Å². The van der Waals surface area contributed by atoms with Gasteiger partial charge in [0, 0.05) is 12.1 Å². The van der Waals surface area contributed by atoms with Gasteiger partial charge in [-0.15, -0.1) is 0 Å². The van der Waals surface area contributed by atoms with Gasteiger partial charge in [-0.1, -0.05) is 49.2 Å². The molecule has 0 amide bonds. The fraction of sp³-hybridized carbons (Fsp3) is 0.556. The van der Waals surface area contributed by atoms with E-state index in [4.69, 9.17) is 32.7 Å². The van der Waals surface area contributed by atoms with E-state index in [2.05, 4.69) is 31.3 Å². The Morgan fingerprint density at radius 1 is 0.875 bits per heavy atom. The molecule has 5 heteroatoms. The number of nitrogens with one attached hydrogen (secondary N) is 1. The van der Waals surface area contributed by atoms with Crippen molar-refractivity contribution in [2.24, 2.45) is 16.7 Å². The van der Waals surface area contributed by atoms with E-state index in [1.807, 2.05) is 18.2 Å². The molecule has 4 bridgehead atoms. The monoisotopic (exact) mass is 473 g/mol. The van der Waals surface area contributed by atoms with Crippen LogP contribution < -0.4 is 14.8 Å². The van der Waals surface area contributed by atoms with E-state index in [1.165, 1.54) is 44.1 Å². The van der Waals surface area contributed by atoms with E-state index in [9.17, 15) is 0 Å². The molecule has 3 nitrogen and oxygen atoms in total. The summed E-state index contributed by atoms with van der Waals surface area (Å²) in [5, 5.41) is 5.09. The van der Waals surface area contributed by atoms with Crippen LogP contribution in [0.1, 0.15) is 63.5 Å². The molecule has 6 rings (SSSR count). The largest absolute Gasteiger partial charge is 0.493 e. The first-order valence-electron chi connectivity index (χ1n) is 11.7. The van der Waals surface area contributed by atoms with Gasteiger partial charge in [-0.3, -0.25) is 0 Å². The van der Waals surface area contributed by atoms with Gasteiger partial charge in [0.05, 0.1) is 17.2 Å². The average Bonchev–Trinajstić information content (AvgIpc) is 2.71. The second kappa shape index (κ2) is 8.11. The predicted molar refractivity (Wildman–Crippen MR) is 131 cm³/mol. The first-order chi connectivity index (χ1) is 15.2. The van der Waals surface area contributed by atoms with Crippen molar-refractivity contribution in [3.63, 3.8) is 0 Å². The molecule has 0 aromatic heterocycles. The van der Waals surface area contributed by atoms with Crippen LogP contribution in [0, 0.1) is 16.7 Å². The number of hydrogen-bond acceptors (Lipinski definition) is 3. The summed E-state index contributed by atoms with van der Waals surface area (Å²) in [6.45, 7) is 6.32. The molecule has 0 spiro atoms. The number of methoxy groups -OCH3 is 1. The molecule has 4 aliphatic carbocycles. The molecule has 4 atom stereocenters. The van der Waals surface area contributed by atoms with E-state index in [-0.39, 0.29) is 0 Å². The van der Waals surface area contributed by atoms with E-state index >= 15 is 0 Å². The van der Waals surface area contributed by atoms with Gasteiger partial charge in [-0.2, -0.15) is 0 Å². The Morgan fingerprint density at radius 3 is 2.25 bits per heavy atom. The lowest BCUT2D eigenvalue weighted by Gasteiger charge is -2.65. The molecular formula is C27H33Cl2NO2. The molecule has 172 valence electrons. The summed E-state index contributed by atoms with van der Waals surface area (Å²) in [6, 6.07) is 11.8. The standard InChI is InChI=1S/C27H33Cl2NO2/c1-25-10-20-11-26(2,15-25)17-27(12-20,16-25)30-13-18-5-7-23(24(9-18)31-3)32-14-19-4-6-21(28)22(29)8-19/h4-9,20,30H,10-17H2,1-3H3/t20?,25-,26+,27?. The van der Waals surface area contributed by atoms with Crippen molar-refractivity contribution in [2.45, 2.75) is 71.1 Å². The molecule has 32 heavy (non-hydrogen) atoms. The van der Waals surface area contributed by atoms with Crippen molar-refractivity contribution in [3.05, 3.63) is 57.6 Å². The van der Waals surface area contributed by atoms with Gasteiger partial charge in [-0.05, 0) is 90.7 Å². The lowest BCUT2D eigenvalue weighted by Crippen LogP contribution is -2.63. The first kappa shape index (κ1) is 22.4. The summed E-state index contributed by atoms with van der Waals surface area (Å²) in [6.07, 6.45) is 8.20. The zero-order valence-corrected chi connectivity index (χ0v) is 20.8. The van der Waals surface area contributed by atoms with Crippen molar-refractivity contribution >= 4 is 23.2 Å². The Hall–Kier alpha value is -1.42. The normalized spacial score (nSPS) is 32.8. The van der Waals surface area contributed by atoms with Crippen LogP contribution in [0.15, 0.2) is 36.4 Å². The molecule has 0 radical (unpaired) electrons. The third-order valence-electron chi connectivity index (χ3n) is 7.90. The smallest absolute Gasteiger partial charge is 0.161 e. The van der Waals surface area contributed by atoms with Gasteiger partial charge < -0.3 is 14.8 Å². The summed E-state index contributed by atoms with van der Waals surface area (Å²) < 4.78 is 11.7. The number of halogens is 2. The van der Waals surface area contributed by atoms with Crippen LogP contribution in [0.25, 0.3) is 0 Å². The molecular weight excluding hydrogens is 441 g/mol. The predicted octanol–water partition coefficient (Wildman–Crippen LogP) is 7.42. The molecule has 0 saturated heterocycles. The summed E-state index contributed by atoms with van der Waals surface area (Å²) in [5.74, 6) is 2.38. The fourth-order valence-electron chi connectivity index (χ4n) is 7.67. The molecule has 2 aromatic rings. The third kappa shape index (κ3) is 4.36. The van der Waals surface area contributed by atoms with Crippen LogP contribution in [0.2, 0.25) is 10.0 Å². The maximum Gasteiger partial charge on any atom is 0.161 e. The minimum Gasteiger partial charge on any atom is -0.493 e. The Kier molecular flexibility index (Phi) is 5.67. The second-order valence-electron chi connectivity index (χ2n) is 11.3. The average molecular weight is 474 g/mol. The Labute approximate surface area is 201 Å². The molecule has 2 aromatic carbocycles. The van der Waals surface area contributed by atoms with Crippen LogP contribution in [-0.2, 0) is 13.2 Å². The highest BCUT2D eigenvalue weighted by Gasteiger charge is 2.59. The topological polar surface area (TPSA) is 30.5 Å². The number of benzene rings is 2. The number of ether oxygens (including phenoxy) is 2. The van der Waals surface area contributed by atoms with E-state index < -0.39 is 0 Å². The molecule has 2 unspecified atom stereocenters. The zero-order valence-electron chi connectivity index (χ0n) is 19.3. The van der Waals surface area contributed by atoms with Crippen molar-refractivity contribution in [3.8, 4) is 11.5 Å². The van der Waals surface area contributed by atoms with E-state index in [0.29, 0.717) is 33.0 Å². The van der Waals surface area contributed by atoms with Gasteiger partial charge in [0.25, 0.3) is 0 Å². The third-order valence-corrected chi connectivity index (χ3v) is 8.64. The Balaban J connectivity index is 1.26. The van der Waals surface area contributed by atoms with Crippen LogP contribution in [-0.4, -0.2) is 12.6 Å². The summed E-state index contributed by atoms with van der Waals surface area (Å²) in [5.41, 5.74) is 3.52. The summed E-state index contributed by atoms with van der Waals surface area (Å²) >= 11 is 12.1. The van der Waals surface area contributed by atoms with Crippen LogP contribution in [0.4, 0.5) is 0 Å². The van der Waals surface area contributed by atoms with Crippen LogP contribution in [0.5, 0.6) is 11.5 Å². The quantitative estimate of drug-likeness (QED) is 0.453. The second-order valence-corrected chi connectivity index (χ2v) is 12.1. The summed E-state index contributed by atoms with van der Waals surface area (Å²) in [4.78, 5) is 0. The highest BCUT2D eigenvalue weighted by molar-refractivity contribution is 6.42. The minimum atomic E-state index is 0.291. The van der Waals surface area contributed by atoms with Gasteiger partial charge in [0.15, 0.2) is 11.5 Å². The highest BCUT2D eigenvalue weighted by atomic mass is 35.5. The Morgan fingerprint density at radius 2 is 1.59 bits per heavy atom. The maximum atomic E-state index is 6.12. The molecule has 0 aliphatic heterocycles. The molecule has 1 N–H and O–H groups in total. The van der Waals surface area contributed by atoms with Crippen LogP contribution in [0.3, 0.4) is 0 Å². The molecule has 4 fully saturated rings. The van der Waals surface area contributed by atoms with Gasteiger partial charge in [0.1, 0.15) is 6.61 Å². The van der Waals surface area contributed by atoms with E-state index in [0.717, 1.165) is 29.5 Å². The fourth-order valence-corrected chi connectivity index (χ4v) is 7.99. The summed E-state index contributed by atoms with van der Waals surface area (Å²) in [7, 11) is 1.69. The lowest BCUT2D eigenvalue weighted by atomic mass is 9.43. The van der Waals surface area contributed by atoms with Crippen molar-refractivity contribution in [1.29, 1.82) is 0 Å². The van der Waals surface area contributed by atoms with Gasteiger partial charge in [0.2, 0.25) is 0 Å². The molecule has 0 heterocycles.